The highest BCUT2D eigenvalue weighted by Crippen LogP contribution is 2.28. The van der Waals surface area contributed by atoms with E-state index in [9.17, 15) is 4.79 Å². The molecule has 1 aromatic heterocycles. The summed E-state index contributed by atoms with van der Waals surface area (Å²) in [6, 6.07) is 11.1. The first kappa shape index (κ1) is 11.5. The molecule has 0 saturated carbocycles. The molecule has 1 amide bonds. The van der Waals surface area contributed by atoms with E-state index in [1.807, 2.05) is 24.3 Å². The van der Waals surface area contributed by atoms with Crippen molar-refractivity contribution >= 4 is 17.3 Å². The molecular weight excluding hydrogens is 242 g/mol. The third kappa shape index (κ3) is 2.49. The largest absolute Gasteiger partial charge is 0.477 e. The first-order chi connectivity index (χ1) is 9.33. The molecule has 5 nitrogen and oxygen atoms in total. The maximum Gasteiger partial charge on any atom is 0.267 e. The van der Waals surface area contributed by atoms with Crippen LogP contribution in [-0.2, 0) is 4.79 Å². The number of aromatic nitrogens is 1. The van der Waals surface area contributed by atoms with E-state index >= 15 is 0 Å². The van der Waals surface area contributed by atoms with E-state index in [4.69, 9.17) is 4.74 Å². The van der Waals surface area contributed by atoms with Crippen molar-refractivity contribution in [3.05, 3.63) is 48.8 Å². The van der Waals surface area contributed by atoms with Crippen LogP contribution in [0.2, 0.25) is 0 Å². The smallest absolute Gasteiger partial charge is 0.267 e. The zero-order valence-corrected chi connectivity index (χ0v) is 10.2. The molecule has 2 heterocycles. The number of rotatable bonds is 2. The first-order valence-corrected chi connectivity index (χ1v) is 6.03. The summed E-state index contributed by atoms with van der Waals surface area (Å²) >= 11 is 0. The summed E-state index contributed by atoms with van der Waals surface area (Å²) in [4.78, 5) is 16.0. The number of nitrogens with one attached hydrogen (secondary N) is 2. The normalized spacial score (nSPS) is 16.7. The molecule has 0 spiro atoms. The van der Waals surface area contributed by atoms with Gasteiger partial charge in [0.1, 0.15) is 5.75 Å². The average Bonchev–Trinajstić information content (AvgIpc) is 2.48. The minimum Gasteiger partial charge on any atom is -0.477 e. The number of carbonyl (C=O) groups excluding carboxylic acids is 1. The molecule has 2 aromatic rings. The summed E-state index contributed by atoms with van der Waals surface area (Å²) in [5.41, 5.74) is 1.57. The molecule has 96 valence electrons. The van der Waals surface area contributed by atoms with E-state index in [0.717, 1.165) is 5.69 Å². The fourth-order valence-corrected chi connectivity index (χ4v) is 1.92. The third-order valence-corrected chi connectivity index (χ3v) is 2.86. The highest BCUT2D eigenvalue weighted by atomic mass is 16.5. The lowest BCUT2D eigenvalue weighted by molar-refractivity contribution is -0.122. The SMILES string of the molecule is O=C(Nc1cccnc1)C1CNc2ccccc2O1. The van der Waals surface area contributed by atoms with Gasteiger partial charge in [0, 0.05) is 6.20 Å². The minimum atomic E-state index is -0.546. The molecule has 0 fully saturated rings. The predicted molar refractivity (Wildman–Crippen MR) is 72.2 cm³/mol. The number of anilines is 2. The van der Waals surface area contributed by atoms with E-state index in [2.05, 4.69) is 15.6 Å². The predicted octanol–water partition coefficient (Wildman–Crippen LogP) is 1.89. The van der Waals surface area contributed by atoms with Crippen molar-refractivity contribution < 1.29 is 9.53 Å². The Morgan fingerprint density at radius 3 is 3.05 bits per heavy atom. The lowest BCUT2D eigenvalue weighted by Crippen LogP contribution is -2.41. The number of benzene rings is 1. The standard InChI is InChI=1S/C14H13N3O2/c18-14(17-10-4-3-7-15-8-10)13-9-16-11-5-1-2-6-12(11)19-13/h1-8,13,16H,9H2,(H,17,18). The Balaban J connectivity index is 1.70. The highest BCUT2D eigenvalue weighted by molar-refractivity contribution is 5.95. The molecule has 1 aliphatic heterocycles. The Hall–Kier alpha value is -2.56. The molecule has 0 radical (unpaired) electrons. The van der Waals surface area contributed by atoms with E-state index in [1.165, 1.54) is 0 Å². The Kier molecular flexibility index (Phi) is 3.02. The van der Waals surface area contributed by atoms with Crippen molar-refractivity contribution in [3.8, 4) is 5.75 Å². The second-order valence-corrected chi connectivity index (χ2v) is 4.21. The van der Waals surface area contributed by atoms with Gasteiger partial charge in [0.05, 0.1) is 24.1 Å². The van der Waals surface area contributed by atoms with Gasteiger partial charge in [-0.1, -0.05) is 12.1 Å². The number of hydrogen-bond donors (Lipinski definition) is 2. The number of amides is 1. The fraction of sp³-hybridized carbons (Fsp3) is 0.143. The molecule has 1 unspecified atom stereocenters. The molecule has 2 N–H and O–H groups in total. The van der Waals surface area contributed by atoms with Gasteiger partial charge < -0.3 is 15.4 Å². The Morgan fingerprint density at radius 2 is 2.21 bits per heavy atom. The van der Waals surface area contributed by atoms with E-state index < -0.39 is 6.10 Å². The monoisotopic (exact) mass is 255 g/mol. The lowest BCUT2D eigenvalue weighted by atomic mass is 10.2. The van der Waals surface area contributed by atoms with Crippen molar-refractivity contribution in [2.24, 2.45) is 0 Å². The number of hydrogen-bond acceptors (Lipinski definition) is 4. The van der Waals surface area contributed by atoms with Crippen LogP contribution < -0.4 is 15.4 Å². The van der Waals surface area contributed by atoms with Gasteiger partial charge in [0.2, 0.25) is 0 Å². The van der Waals surface area contributed by atoms with Gasteiger partial charge in [-0.05, 0) is 24.3 Å². The van der Waals surface area contributed by atoms with Crippen molar-refractivity contribution in [2.45, 2.75) is 6.10 Å². The molecule has 0 bridgehead atoms. The fourth-order valence-electron chi connectivity index (χ4n) is 1.92. The van der Waals surface area contributed by atoms with Crippen molar-refractivity contribution in [1.29, 1.82) is 0 Å². The van der Waals surface area contributed by atoms with Gasteiger partial charge in [0.15, 0.2) is 6.10 Å². The molecular formula is C14H13N3O2. The minimum absolute atomic E-state index is 0.185. The topological polar surface area (TPSA) is 63.2 Å². The molecule has 1 atom stereocenters. The summed E-state index contributed by atoms with van der Waals surface area (Å²) in [5.74, 6) is 0.509. The summed E-state index contributed by atoms with van der Waals surface area (Å²) < 4.78 is 5.67. The molecule has 1 aromatic carbocycles. The number of carbonyl (C=O) groups is 1. The maximum absolute atomic E-state index is 12.1. The number of para-hydroxylation sites is 2. The molecule has 1 aliphatic rings. The van der Waals surface area contributed by atoms with Crippen molar-refractivity contribution in [3.63, 3.8) is 0 Å². The van der Waals surface area contributed by atoms with Crippen LogP contribution in [0.5, 0.6) is 5.75 Å². The molecule has 5 heteroatoms. The third-order valence-electron chi connectivity index (χ3n) is 2.86. The van der Waals surface area contributed by atoms with Gasteiger partial charge >= 0.3 is 0 Å². The lowest BCUT2D eigenvalue weighted by Gasteiger charge is -2.26. The Labute approximate surface area is 110 Å². The number of pyridine rings is 1. The average molecular weight is 255 g/mol. The molecule has 0 saturated heterocycles. The van der Waals surface area contributed by atoms with Gasteiger partial charge in [-0.3, -0.25) is 9.78 Å². The van der Waals surface area contributed by atoms with Gasteiger partial charge in [-0.15, -0.1) is 0 Å². The van der Waals surface area contributed by atoms with Gasteiger partial charge in [0.25, 0.3) is 5.91 Å². The van der Waals surface area contributed by atoms with Crippen molar-refractivity contribution in [1.82, 2.24) is 4.98 Å². The molecule has 19 heavy (non-hydrogen) atoms. The first-order valence-electron chi connectivity index (χ1n) is 6.03. The number of fused-ring (bicyclic) bond motifs is 1. The van der Waals surface area contributed by atoms with Gasteiger partial charge in [-0.25, -0.2) is 0 Å². The second kappa shape index (κ2) is 4.97. The highest BCUT2D eigenvalue weighted by Gasteiger charge is 2.25. The van der Waals surface area contributed by atoms with Crippen LogP contribution in [0.3, 0.4) is 0 Å². The maximum atomic E-state index is 12.1. The van der Waals surface area contributed by atoms with Crippen LogP contribution >= 0.6 is 0 Å². The quantitative estimate of drug-likeness (QED) is 0.860. The van der Waals surface area contributed by atoms with E-state index in [1.54, 1.807) is 24.5 Å². The molecule has 3 rings (SSSR count). The van der Waals surface area contributed by atoms with Crippen LogP contribution in [0.1, 0.15) is 0 Å². The Bertz CT molecular complexity index is 586. The van der Waals surface area contributed by atoms with Crippen LogP contribution in [0.25, 0.3) is 0 Å². The van der Waals surface area contributed by atoms with Crippen molar-refractivity contribution in [2.75, 3.05) is 17.2 Å². The van der Waals surface area contributed by atoms with Gasteiger partial charge in [-0.2, -0.15) is 0 Å². The number of nitrogens with zero attached hydrogens (tertiary/aromatic N) is 1. The van der Waals surface area contributed by atoms with E-state index in [-0.39, 0.29) is 5.91 Å². The summed E-state index contributed by atoms with van der Waals surface area (Å²) in [6.45, 7) is 0.448. The van der Waals surface area contributed by atoms with Crippen LogP contribution in [-0.4, -0.2) is 23.5 Å². The zero-order valence-electron chi connectivity index (χ0n) is 10.2. The van der Waals surface area contributed by atoms with Crippen LogP contribution in [0, 0.1) is 0 Å². The molecule has 0 aliphatic carbocycles. The Morgan fingerprint density at radius 1 is 1.32 bits per heavy atom. The number of ether oxygens (including phenoxy) is 1. The summed E-state index contributed by atoms with van der Waals surface area (Å²) in [7, 11) is 0. The second-order valence-electron chi connectivity index (χ2n) is 4.21. The summed E-state index contributed by atoms with van der Waals surface area (Å²) in [5, 5.41) is 5.95. The van der Waals surface area contributed by atoms with E-state index in [0.29, 0.717) is 18.0 Å². The van der Waals surface area contributed by atoms with Crippen LogP contribution in [0.4, 0.5) is 11.4 Å². The van der Waals surface area contributed by atoms with Crippen LogP contribution in [0.15, 0.2) is 48.8 Å². The summed E-state index contributed by atoms with van der Waals surface area (Å²) in [6.07, 6.45) is 2.71. The zero-order chi connectivity index (χ0) is 13.1.